The van der Waals surface area contributed by atoms with Crippen LogP contribution in [0.3, 0.4) is 0 Å². The van der Waals surface area contributed by atoms with E-state index in [1.807, 2.05) is 41.1 Å². The Morgan fingerprint density at radius 2 is 2.00 bits per heavy atom. The molecule has 0 aliphatic heterocycles. The molecule has 6 rings (SSSR count). The number of aromatic nitrogens is 4. The van der Waals surface area contributed by atoms with Crippen molar-refractivity contribution in [2.75, 3.05) is 18.2 Å². The molecule has 4 aromatic rings. The van der Waals surface area contributed by atoms with Crippen molar-refractivity contribution in [3.63, 3.8) is 0 Å². The van der Waals surface area contributed by atoms with E-state index in [1.165, 1.54) is 11.9 Å². The van der Waals surface area contributed by atoms with Gasteiger partial charge in [-0.1, -0.05) is 36.4 Å². The van der Waals surface area contributed by atoms with E-state index in [-0.39, 0.29) is 30.2 Å². The maximum Gasteiger partial charge on any atom is 0.228 e. The van der Waals surface area contributed by atoms with Crippen LogP contribution < -0.4 is 15.8 Å². The third-order valence-electron chi connectivity index (χ3n) is 8.25. The van der Waals surface area contributed by atoms with Crippen molar-refractivity contribution < 1.29 is 14.6 Å². The van der Waals surface area contributed by atoms with Crippen LogP contribution in [0.1, 0.15) is 56.0 Å². The van der Waals surface area contributed by atoms with Gasteiger partial charge in [0.15, 0.2) is 5.65 Å². The summed E-state index contributed by atoms with van der Waals surface area (Å²) in [5.41, 5.74) is 9.13. The number of aliphatic hydroxyl groups is 1. The first kappa shape index (κ1) is 25.8. The second kappa shape index (κ2) is 10.2. The zero-order valence-electron chi connectivity index (χ0n) is 22.2. The molecule has 1 amide bonds. The van der Waals surface area contributed by atoms with Crippen molar-refractivity contribution in [3.8, 4) is 23.1 Å². The third kappa shape index (κ3) is 4.73. The Bertz CT molecular complexity index is 1600. The van der Waals surface area contributed by atoms with Gasteiger partial charge in [-0.15, -0.1) is 0 Å². The summed E-state index contributed by atoms with van der Waals surface area (Å²) in [5, 5.41) is 28.4. The topological polar surface area (TPSA) is 152 Å². The minimum Gasteiger partial charge on any atom is -0.495 e. The van der Waals surface area contributed by atoms with E-state index in [0.717, 1.165) is 12.0 Å². The van der Waals surface area contributed by atoms with Crippen molar-refractivity contribution in [2.24, 2.45) is 5.92 Å². The van der Waals surface area contributed by atoms with Gasteiger partial charge < -0.3 is 20.9 Å². The van der Waals surface area contributed by atoms with E-state index in [1.54, 1.807) is 7.11 Å². The third-order valence-corrected chi connectivity index (χ3v) is 8.25. The van der Waals surface area contributed by atoms with Gasteiger partial charge >= 0.3 is 0 Å². The summed E-state index contributed by atoms with van der Waals surface area (Å²) >= 11 is 0. The Morgan fingerprint density at radius 1 is 1.23 bits per heavy atom. The monoisotopic (exact) mass is 537 g/mol. The molecule has 0 radical (unpaired) electrons. The van der Waals surface area contributed by atoms with Crippen LogP contribution in [0, 0.1) is 17.2 Å². The lowest BCUT2D eigenvalue weighted by molar-refractivity contribution is -0.117. The summed E-state index contributed by atoms with van der Waals surface area (Å²) in [7, 11) is 1.57. The van der Waals surface area contributed by atoms with Crippen LogP contribution >= 0.6 is 0 Å². The predicted molar refractivity (Wildman–Crippen MR) is 150 cm³/mol. The van der Waals surface area contributed by atoms with Gasteiger partial charge in [0.2, 0.25) is 5.91 Å². The van der Waals surface area contributed by atoms with E-state index in [9.17, 15) is 9.90 Å². The smallest absolute Gasteiger partial charge is 0.228 e. The largest absolute Gasteiger partial charge is 0.495 e. The quantitative estimate of drug-likeness (QED) is 0.310. The Labute approximate surface area is 231 Å². The number of methoxy groups -OCH3 is 1. The van der Waals surface area contributed by atoms with Gasteiger partial charge in [-0.2, -0.15) is 10.4 Å². The first-order chi connectivity index (χ1) is 19.4. The number of hydrogen-bond acceptors (Lipinski definition) is 8. The number of ether oxygens (including phenoxy) is 1. The van der Waals surface area contributed by atoms with Gasteiger partial charge in [-0.05, 0) is 55.7 Å². The van der Waals surface area contributed by atoms with Crippen LogP contribution in [0.15, 0.2) is 54.9 Å². The van der Waals surface area contributed by atoms with Crippen molar-refractivity contribution in [1.29, 1.82) is 5.26 Å². The number of fused-ring (bicyclic) bond motifs is 1. The van der Waals surface area contributed by atoms with Crippen molar-refractivity contribution in [2.45, 2.75) is 56.1 Å². The fourth-order valence-electron chi connectivity index (χ4n) is 5.88. The molecule has 2 aromatic heterocycles. The van der Waals surface area contributed by atoms with Crippen molar-refractivity contribution in [3.05, 3.63) is 60.4 Å². The molecular weight excluding hydrogens is 506 g/mol. The highest BCUT2D eigenvalue weighted by molar-refractivity contribution is 6.00. The van der Waals surface area contributed by atoms with Gasteiger partial charge in [0, 0.05) is 11.5 Å². The number of amides is 1. The van der Waals surface area contributed by atoms with Crippen LogP contribution in [0.5, 0.6) is 5.75 Å². The van der Waals surface area contributed by atoms with Gasteiger partial charge in [0.05, 0.1) is 42.3 Å². The molecule has 204 valence electrons. The molecule has 40 heavy (non-hydrogen) atoms. The maximum atomic E-state index is 13.0. The van der Waals surface area contributed by atoms with E-state index in [4.69, 9.17) is 20.8 Å². The summed E-state index contributed by atoms with van der Waals surface area (Å²) in [4.78, 5) is 21.7. The number of benzene rings is 2. The fourth-order valence-corrected chi connectivity index (χ4v) is 5.88. The molecule has 2 aromatic carbocycles. The lowest BCUT2D eigenvalue weighted by Crippen LogP contribution is -2.34. The van der Waals surface area contributed by atoms with Crippen LogP contribution in [0.25, 0.3) is 22.3 Å². The van der Waals surface area contributed by atoms with E-state index in [0.29, 0.717) is 59.7 Å². The minimum atomic E-state index is -0.958. The van der Waals surface area contributed by atoms with E-state index >= 15 is 0 Å². The minimum absolute atomic E-state index is 0.000997. The Kier molecular flexibility index (Phi) is 6.60. The molecule has 0 unspecified atom stereocenters. The average Bonchev–Trinajstić information content (AvgIpc) is 3.68. The van der Waals surface area contributed by atoms with Gasteiger partial charge in [-0.25, -0.2) is 14.6 Å². The first-order valence-electron chi connectivity index (χ1n) is 13.5. The molecule has 0 bridgehead atoms. The standard InChI is InChI=1S/C30H31N7O3/c1-40-24-15-19(7-8-23(24)35-29(38)22-16-21(22)18-5-3-2-4-6-18)26-25-27(32)33-17-34-28(25)37(36-26)20-9-11-30(39,12-10-20)13-14-31/h2-8,15,17,20-22,39H,9-13,16H2,1H3,(H,35,38)(H2,32,33,34)/t20?,21-,22+,30?/m0/s1. The number of hydrogen-bond donors (Lipinski definition) is 3. The van der Waals surface area contributed by atoms with Gasteiger partial charge in [-0.3, -0.25) is 4.79 Å². The maximum absolute atomic E-state index is 13.0. The number of nitriles is 1. The van der Waals surface area contributed by atoms with Crippen molar-refractivity contribution >= 4 is 28.4 Å². The summed E-state index contributed by atoms with van der Waals surface area (Å²) in [6.07, 6.45) is 4.72. The highest BCUT2D eigenvalue weighted by Gasteiger charge is 2.44. The van der Waals surface area contributed by atoms with E-state index < -0.39 is 5.60 Å². The first-order valence-corrected chi connectivity index (χ1v) is 13.5. The molecule has 0 spiro atoms. The van der Waals surface area contributed by atoms with Gasteiger partial charge in [0.1, 0.15) is 23.6 Å². The Morgan fingerprint density at radius 3 is 2.73 bits per heavy atom. The number of nitrogen functional groups attached to an aromatic ring is 1. The SMILES string of the molecule is COc1cc(-c2nn(C3CCC(O)(CC#N)CC3)c3ncnc(N)c23)ccc1NC(=O)[C@@H]1C[C@H]1c1ccccc1. The zero-order chi connectivity index (χ0) is 27.9. The molecule has 10 nitrogen and oxygen atoms in total. The molecule has 2 aliphatic carbocycles. The average molecular weight is 538 g/mol. The molecule has 10 heteroatoms. The zero-order valence-corrected chi connectivity index (χ0v) is 22.2. The van der Waals surface area contributed by atoms with Gasteiger partial charge in [0.25, 0.3) is 0 Å². The number of nitrogens with one attached hydrogen (secondary N) is 1. The number of anilines is 2. The number of carbonyl (C=O) groups is 1. The normalized spacial score (nSPS) is 23.9. The molecule has 4 N–H and O–H groups in total. The summed E-state index contributed by atoms with van der Waals surface area (Å²) < 4.78 is 7.53. The number of nitrogens with two attached hydrogens (primary N) is 1. The lowest BCUT2D eigenvalue weighted by Gasteiger charge is -2.34. The second-order valence-electron chi connectivity index (χ2n) is 10.8. The summed E-state index contributed by atoms with van der Waals surface area (Å²) in [6.45, 7) is 0. The van der Waals surface area contributed by atoms with Crippen LogP contribution in [0.4, 0.5) is 11.5 Å². The number of carbonyl (C=O) groups excluding carboxylic acids is 1. The summed E-state index contributed by atoms with van der Waals surface area (Å²) in [5.74, 6) is 0.978. The molecular formula is C30H31N7O3. The molecule has 0 saturated heterocycles. The van der Waals surface area contributed by atoms with E-state index in [2.05, 4.69) is 33.5 Å². The predicted octanol–water partition coefficient (Wildman–Crippen LogP) is 4.59. The highest BCUT2D eigenvalue weighted by Crippen LogP contribution is 2.48. The fraction of sp³-hybridized carbons (Fsp3) is 0.367. The van der Waals surface area contributed by atoms with Crippen LogP contribution in [-0.2, 0) is 4.79 Å². The van der Waals surface area contributed by atoms with Crippen molar-refractivity contribution in [1.82, 2.24) is 19.7 Å². The molecule has 2 saturated carbocycles. The lowest BCUT2D eigenvalue weighted by atomic mass is 9.80. The number of rotatable bonds is 7. The van der Waals surface area contributed by atoms with Crippen LogP contribution in [0.2, 0.25) is 0 Å². The second-order valence-corrected chi connectivity index (χ2v) is 10.8. The molecule has 2 heterocycles. The highest BCUT2D eigenvalue weighted by atomic mass is 16.5. The summed E-state index contributed by atoms with van der Waals surface area (Å²) in [6, 6.07) is 17.7. The van der Waals surface area contributed by atoms with Crippen LogP contribution in [-0.4, -0.2) is 43.5 Å². The molecule has 2 aliphatic rings. The number of nitrogens with zero attached hydrogens (tertiary/aromatic N) is 5. The molecule has 2 atom stereocenters. The Hall–Kier alpha value is -4.49. The Balaban J connectivity index is 1.27. The molecule has 2 fully saturated rings.